The molecule has 4 aliphatic carbocycles. The van der Waals surface area contributed by atoms with Gasteiger partial charge in [-0.05, 0) is 129 Å². The molecule has 42 nitrogen and oxygen atoms in total. The molecule has 7 aliphatic rings. The van der Waals surface area contributed by atoms with Crippen LogP contribution in [-0.2, 0) is 104 Å². The number of fused-ring (bicyclic) bond motifs is 5. The standard InChI is InChI=1S/C89H153N5O37/c1-56(65-10-11-66-64-9-8-61-51-63(122-20-15-62(102)52-95)13-16-88(61,5)67(64)14-17-89(65,66)6)7-12-73(103)90-18-21-111-23-24-112-22-19-91-84(110)60-49-68(123-43-37-116-31-25-113-28-34-119-40-46-126-85-74(92-57(2)99)80(107)77(104)70(53-96)129-85)83(125-45-39-118-33-27-115-30-36-121-42-48-128-87-76(94-59(4)101)82(109)79(106)72(55-98)131-87)69(50-60)124-44-38-117-32-26-114-29-35-120-41-47-127-86-75(93-58(3)100)81(108)78(105)71(54-97)130-86/h49-50,56,61-67,70-72,74-82,85-87,95-98,102,104-109H,7-48,51-55H2,1-6H3,(H,90,103)(H,91,110)(H,92,99)(H,93,100)(H,94,101)/t56-,61?,62+,63?,64?,65?,66?,67?,70?,71?,72?,74?,75?,76?,77?,78?,79?,80?,81?,82?,85?,86?,87?,88?,89?/m1/s1. The zero-order chi connectivity index (χ0) is 94.5. The fourth-order valence-electron chi connectivity index (χ4n) is 19.2. The van der Waals surface area contributed by atoms with Crippen LogP contribution >= 0.6 is 0 Å². The Kier molecular flexibility index (Phi) is 51.3. The molecule has 3 heterocycles. The van der Waals surface area contributed by atoms with E-state index in [-0.39, 0.29) is 232 Å². The first kappa shape index (κ1) is 111. The molecule has 8 rings (SSSR count). The van der Waals surface area contributed by atoms with Crippen LogP contribution in [0.2, 0.25) is 0 Å². The Labute approximate surface area is 767 Å². The summed E-state index contributed by atoms with van der Waals surface area (Å²) < 4.78 is 122. The first-order valence-corrected chi connectivity index (χ1v) is 46.7. The number of amides is 5. The largest absolute Gasteiger partial charge is 0.487 e. The van der Waals surface area contributed by atoms with Gasteiger partial charge in [0.1, 0.15) is 92.9 Å². The molecule has 1 aromatic rings. The van der Waals surface area contributed by atoms with Crippen LogP contribution in [0.15, 0.2) is 12.1 Å². The highest BCUT2D eigenvalue weighted by molar-refractivity contribution is 5.95. The molecule has 4 saturated carbocycles. The maximum atomic E-state index is 14.1. The number of carbonyl (C=O) groups is 5. The number of nitrogens with one attached hydrogen (secondary N) is 5. The Hall–Kier alpha value is -5.19. The topological polar surface area (TPSA) is 562 Å². The van der Waals surface area contributed by atoms with Crippen molar-refractivity contribution in [2.75, 3.05) is 231 Å². The first-order chi connectivity index (χ1) is 63.3. The van der Waals surface area contributed by atoms with Crippen molar-refractivity contribution in [3.63, 3.8) is 0 Å². The van der Waals surface area contributed by atoms with Crippen molar-refractivity contribution >= 4 is 29.5 Å². The Morgan fingerprint density at radius 1 is 0.420 bits per heavy atom. The van der Waals surface area contributed by atoms with Crippen LogP contribution in [0.25, 0.3) is 0 Å². The second-order valence-corrected chi connectivity index (χ2v) is 34.9. The number of hydrogen-bond donors (Lipinski definition) is 16. The summed E-state index contributed by atoms with van der Waals surface area (Å²) in [7, 11) is 0. The van der Waals surface area contributed by atoms with E-state index in [2.05, 4.69) is 47.4 Å². The van der Waals surface area contributed by atoms with Crippen LogP contribution < -0.4 is 40.8 Å². The Morgan fingerprint density at radius 3 is 1.20 bits per heavy atom. The van der Waals surface area contributed by atoms with Crippen LogP contribution in [0.1, 0.15) is 129 Å². The zero-order valence-electron chi connectivity index (χ0n) is 77.2. The summed E-state index contributed by atoms with van der Waals surface area (Å²) in [4.78, 5) is 62.8. The number of hydrogen-bond acceptors (Lipinski definition) is 37. The van der Waals surface area contributed by atoms with Gasteiger partial charge in [-0.15, -0.1) is 0 Å². The van der Waals surface area contributed by atoms with Crippen LogP contribution in [0.5, 0.6) is 17.2 Å². The summed E-state index contributed by atoms with van der Waals surface area (Å²) >= 11 is 0. The van der Waals surface area contributed by atoms with Crippen molar-refractivity contribution in [3.05, 3.63) is 17.7 Å². The van der Waals surface area contributed by atoms with Crippen LogP contribution in [0.4, 0.5) is 0 Å². The minimum atomic E-state index is -1.46. The maximum Gasteiger partial charge on any atom is 0.251 e. The fourth-order valence-corrected chi connectivity index (χ4v) is 19.2. The van der Waals surface area contributed by atoms with Crippen molar-refractivity contribution in [2.24, 2.45) is 46.3 Å². The monoisotopic (exact) mass is 1880 g/mol. The first-order valence-electron chi connectivity index (χ1n) is 46.7. The van der Waals surface area contributed by atoms with Crippen molar-refractivity contribution in [1.82, 2.24) is 26.6 Å². The highest BCUT2D eigenvalue weighted by atomic mass is 16.7. The molecule has 0 aromatic heterocycles. The van der Waals surface area contributed by atoms with E-state index in [1.807, 2.05) is 0 Å². The van der Waals surface area contributed by atoms with Crippen molar-refractivity contribution in [3.8, 4) is 17.2 Å². The Balaban J connectivity index is 0.782. The average Bonchev–Trinajstić information content (AvgIpc) is 1.63. The molecular weight excluding hydrogens is 1730 g/mol. The minimum absolute atomic E-state index is 0.0125. The third-order valence-corrected chi connectivity index (χ3v) is 25.9. The minimum Gasteiger partial charge on any atom is -0.487 e. The molecule has 0 spiro atoms. The van der Waals surface area contributed by atoms with Crippen LogP contribution in [0, 0.1) is 46.3 Å². The van der Waals surface area contributed by atoms with Crippen LogP contribution in [-0.4, -0.2) is 421 Å². The summed E-state index contributed by atoms with van der Waals surface area (Å²) in [5, 5.41) is 124. The summed E-state index contributed by atoms with van der Waals surface area (Å²) in [5.74, 6) is 2.31. The molecule has 16 N–H and O–H groups in total. The lowest BCUT2D eigenvalue weighted by molar-refractivity contribution is -0.272. The van der Waals surface area contributed by atoms with E-state index in [1.165, 1.54) is 77.8 Å². The van der Waals surface area contributed by atoms with Gasteiger partial charge in [0.2, 0.25) is 29.4 Å². The number of ether oxygens (including phenoxy) is 21. The molecule has 756 valence electrons. The maximum absolute atomic E-state index is 14.1. The molecule has 25 atom stereocenters. The summed E-state index contributed by atoms with van der Waals surface area (Å²) in [6.45, 7) is 13.5. The zero-order valence-corrected chi connectivity index (χ0v) is 77.2. The van der Waals surface area contributed by atoms with E-state index in [4.69, 9.17) is 99.5 Å². The van der Waals surface area contributed by atoms with Gasteiger partial charge in [-0.3, -0.25) is 24.0 Å². The lowest BCUT2D eigenvalue weighted by Gasteiger charge is -2.61. The van der Waals surface area contributed by atoms with Gasteiger partial charge in [-0.25, -0.2) is 0 Å². The molecule has 3 saturated heterocycles. The fraction of sp³-hybridized carbons (Fsp3) is 0.876. The number of aliphatic hydroxyl groups excluding tert-OH is 11. The molecule has 0 radical (unpaired) electrons. The second kappa shape index (κ2) is 60.5. The summed E-state index contributed by atoms with van der Waals surface area (Å²) in [6.07, 6.45) is -3.52. The van der Waals surface area contributed by atoms with Crippen molar-refractivity contribution < 1.29 is 180 Å². The highest BCUT2D eigenvalue weighted by Crippen LogP contribution is 2.68. The van der Waals surface area contributed by atoms with Crippen LogP contribution in [0.3, 0.4) is 0 Å². The average molecular weight is 1890 g/mol. The van der Waals surface area contributed by atoms with Crippen molar-refractivity contribution in [1.29, 1.82) is 0 Å². The van der Waals surface area contributed by atoms with Gasteiger partial charge in [-0.2, -0.15) is 0 Å². The van der Waals surface area contributed by atoms with Crippen molar-refractivity contribution in [2.45, 2.75) is 223 Å². The Bertz CT molecular complexity index is 3280. The summed E-state index contributed by atoms with van der Waals surface area (Å²) in [5.41, 5.74) is 0.751. The van der Waals surface area contributed by atoms with E-state index < -0.39 is 141 Å². The van der Waals surface area contributed by atoms with E-state index in [0.29, 0.717) is 61.7 Å². The molecule has 131 heavy (non-hydrogen) atoms. The van der Waals surface area contributed by atoms with E-state index >= 15 is 0 Å². The van der Waals surface area contributed by atoms with E-state index in [9.17, 15) is 80.1 Å². The lowest BCUT2D eigenvalue weighted by Crippen LogP contribution is -2.64. The number of rotatable bonds is 67. The van der Waals surface area contributed by atoms with Gasteiger partial charge in [0.15, 0.2) is 30.4 Å². The Morgan fingerprint density at radius 2 is 0.794 bits per heavy atom. The number of carbonyl (C=O) groups excluding carboxylic acids is 5. The summed E-state index contributed by atoms with van der Waals surface area (Å²) in [6, 6.07) is -0.270. The van der Waals surface area contributed by atoms with Gasteiger partial charge in [0.25, 0.3) is 5.91 Å². The SMILES string of the molecule is CC(=O)NC1C(OCCOCCOCCOCCOc2cc(C(=O)NCCOCCOCCNC(=O)CC[C@@H](C)C3CCC4C5CCC6CC(OCC[C@H](O)CO)CCC6(C)C5CCC43C)cc(OCCOCCOCCOCCOC3OC(CO)C(O)C(O)C3NC(C)=O)c2OCCOCCOCCOCCOC2OC(CO)C(O)C(O)C2NC(C)=O)OC(CO)C(O)C1O. The van der Waals surface area contributed by atoms with Gasteiger partial charge >= 0.3 is 0 Å². The van der Waals surface area contributed by atoms with Gasteiger partial charge in [0.05, 0.1) is 204 Å². The molecule has 23 unspecified atom stereocenters. The van der Waals surface area contributed by atoms with Gasteiger partial charge < -0.3 is 182 Å². The van der Waals surface area contributed by atoms with E-state index in [0.717, 1.165) is 31.1 Å². The lowest BCUT2D eigenvalue weighted by atomic mass is 9.44. The molecule has 5 amide bonds. The number of benzene rings is 1. The third-order valence-electron chi connectivity index (χ3n) is 25.9. The quantitative estimate of drug-likeness (QED) is 0.0312. The molecular formula is C89H153N5O37. The molecule has 7 fully saturated rings. The third kappa shape index (κ3) is 36.0. The molecule has 1 aromatic carbocycles. The smallest absolute Gasteiger partial charge is 0.251 e. The number of aliphatic hydroxyl groups is 11. The second-order valence-electron chi connectivity index (χ2n) is 34.9. The highest BCUT2D eigenvalue weighted by Gasteiger charge is 2.61. The van der Waals surface area contributed by atoms with Gasteiger partial charge in [-0.1, -0.05) is 20.8 Å². The molecule has 0 bridgehead atoms. The van der Waals surface area contributed by atoms with E-state index in [1.54, 1.807) is 0 Å². The predicted molar refractivity (Wildman–Crippen MR) is 462 cm³/mol. The predicted octanol–water partition coefficient (Wildman–Crippen LogP) is -2.06. The normalized spacial score (nSPS) is 30.4. The molecule has 42 heteroatoms. The van der Waals surface area contributed by atoms with Gasteiger partial charge in [0, 0.05) is 52.5 Å². The molecule has 3 aliphatic heterocycles.